The molecular weight excluding hydrogens is 214 g/mol. The van der Waals surface area contributed by atoms with Crippen molar-refractivity contribution in [2.45, 2.75) is 33.3 Å². The second-order valence-corrected chi connectivity index (χ2v) is 4.48. The summed E-state index contributed by atoms with van der Waals surface area (Å²) in [5.41, 5.74) is 9.17. The van der Waals surface area contributed by atoms with Crippen molar-refractivity contribution in [3.8, 4) is 5.75 Å². The van der Waals surface area contributed by atoms with Crippen molar-refractivity contribution < 1.29 is 9.47 Å². The van der Waals surface area contributed by atoms with E-state index in [1.54, 1.807) is 7.11 Å². The third-order valence-electron chi connectivity index (χ3n) is 2.67. The van der Waals surface area contributed by atoms with E-state index >= 15 is 0 Å². The lowest BCUT2D eigenvalue weighted by Gasteiger charge is -2.18. The minimum atomic E-state index is 0.0674. The Kier molecular flexibility index (Phi) is 5.45. The van der Waals surface area contributed by atoms with Gasteiger partial charge in [-0.3, -0.25) is 0 Å². The van der Waals surface area contributed by atoms with Gasteiger partial charge < -0.3 is 15.2 Å². The predicted molar refractivity (Wildman–Crippen MR) is 70.6 cm³/mol. The van der Waals surface area contributed by atoms with Crippen molar-refractivity contribution >= 4 is 0 Å². The fourth-order valence-electron chi connectivity index (χ4n) is 2.01. The summed E-state index contributed by atoms with van der Waals surface area (Å²) in [6.07, 6.45) is 0.980. The molecule has 0 saturated carbocycles. The van der Waals surface area contributed by atoms with Gasteiger partial charge in [-0.25, -0.2) is 0 Å². The molecule has 0 radical (unpaired) electrons. The van der Waals surface area contributed by atoms with Gasteiger partial charge in [0.2, 0.25) is 0 Å². The Morgan fingerprint density at radius 3 is 2.29 bits per heavy atom. The summed E-state index contributed by atoms with van der Waals surface area (Å²) in [7, 11) is 1.68. The second kappa shape index (κ2) is 6.62. The Balaban J connectivity index is 2.85. The Labute approximate surface area is 104 Å². The molecule has 0 heterocycles. The van der Waals surface area contributed by atoms with Crippen LogP contribution in [0.4, 0.5) is 0 Å². The van der Waals surface area contributed by atoms with Crippen LogP contribution in [0.15, 0.2) is 12.1 Å². The number of hydrogen-bond donors (Lipinski definition) is 1. The van der Waals surface area contributed by atoms with Crippen LogP contribution in [0, 0.1) is 13.8 Å². The van der Waals surface area contributed by atoms with Crippen LogP contribution in [0.2, 0.25) is 0 Å². The summed E-state index contributed by atoms with van der Waals surface area (Å²) in [6.45, 7) is 7.43. The molecule has 1 aromatic carbocycles. The molecule has 0 fully saturated rings. The average molecular weight is 237 g/mol. The van der Waals surface area contributed by atoms with Crippen LogP contribution in [0.1, 0.15) is 23.6 Å². The Morgan fingerprint density at radius 1 is 1.24 bits per heavy atom. The first-order chi connectivity index (χ1) is 8.08. The minimum absolute atomic E-state index is 0.0674. The van der Waals surface area contributed by atoms with Gasteiger partial charge in [-0.15, -0.1) is 0 Å². The Hall–Kier alpha value is -1.06. The highest BCUT2D eigenvalue weighted by molar-refractivity contribution is 5.43. The number of rotatable bonds is 6. The molecule has 96 valence electrons. The van der Waals surface area contributed by atoms with Gasteiger partial charge in [0.15, 0.2) is 0 Å². The topological polar surface area (TPSA) is 44.5 Å². The molecule has 1 rings (SSSR count). The van der Waals surface area contributed by atoms with Gasteiger partial charge in [0.1, 0.15) is 11.9 Å². The lowest BCUT2D eigenvalue weighted by molar-refractivity contribution is 0.0911. The van der Waals surface area contributed by atoms with Crippen LogP contribution in [0.5, 0.6) is 5.75 Å². The van der Waals surface area contributed by atoms with E-state index in [-0.39, 0.29) is 6.10 Å². The zero-order valence-corrected chi connectivity index (χ0v) is 11.2. The van der Waals surface area contributed by atoms with Gasteiger partial charge in [-0.05, 0) is 50.4 Å². The molecule has 3 nitrogen and oxygen atoms in total. The number of nitrogens with two attached hydrogens (primary N) is 1. The molecule has 2 N–H and O–H groups in total. The molecule has 0 aliphatic carbocycles. The zero-order chi connectivity index (χ0) is 12.8. The smallest absolute Gasteiger partial charge is 0.125 e. The van der Waals surface area contributed by atoms with Crippen LogP contribution in [0.25, 0.3) is 0 Å². The molecule has 1 aromatic rings. The van der Waals surface area contributed by atoms with Gasteiger partial charge in [-0.1, -0.05) is 12.1 Å². The van der Waals surface area contributed by atoms with Crippen LogP contribution in [0.3, 0.4) is 0 Å². The lowest BCUT2D eigenvalue weighted by atomic mass is 10.0. The van der Waals surface area contributed by atoms with Gasteiger partial charge in [0.05, 0.1) is 6.61 Å². The first-order valence-electron chi connectivity index (χ1n) is 6.04. The van der Waals surface area contributed by atoms with Crippen molar-refractivity contribution in [1.29, 1.82) is 0 Å². The molecule has 0 aromatic heterocycles. The van der Waals surface area contributed by atoms with Gasteiger partial charge >= 0.3 is 0 Å². The summed E-state index contributed by atoms with van der Waals surface area (Å²) >= 11 is 0. The fraction of sp³-hybridized carbons (Fsp3) is 0.571. The minimum Gasteiger partial charge on any atom is -0.488 e. The molecule has 0 aliphatic rings. The third-order valence-corrected chi connectivity index (χ3v) is 2.67. The Morgan fingerprint density at radius 2 is 1.82 bits per heavy atom. The summed E-state index contributed by atoms with van der Waals surface area (Å²) < 4.78 is 11.0. The predicted octanol–water partition coefficient (Wildman–Crippen LogP) is 2.22. The molecule has 0 amide bonds. The maximum atomic E-state index is 5.89. The highest BCUT2D eigenvalue weighted by atomic mass is 16.5. The molecule has 0 bridgehead atoms. The van der Waals surface area contributed by atoms with Crippen LogP contribution in [-0.4, -0.2) is 26.4 Å². The Bertz CT molecular complexity index is 340. The third kappa shape index (κ3) is 4.02. The van der Waals surface area contributed by atoms with Crippen molar-refractivity contribution in [2.24, 2.45) is 5.73 Å². The first kappa shape index (κ1) is 14.0. The number of benzene rings is 1. The largest absolute Gasteiger partial charge is 0.488 e. The number of methoxy groups -OCH3 is 1. The summed E-state index contributed by atoms with van der Waals surface area (Å²) in [5.74, 6) is 0.968. The first-order valence-corrected chi connectivity index (χ1v) is 6.04. The standard InChI is InChI=1S/C14H23NO2/c1-10-7-13(5-6-15)8-11(2)14(10)17-12(3)9-16-4/h7-8,12H,5-6,9,15H2,1-4H3. The maximum absolute atomic E-state index is 5.89. The molecular formula is C14H23NO2. The van der Waals surface area contributed by atoms with Crippen molar-refractivity contribution in [2.75, 3.05) is 20.3 Å². The van der Waals surface area contributed by atoms with Crippen LogP contribution < -0.4 is 10.5 Å². The van der Waals surface area contributed by atoms with Crippen LogP contribution >= 0.6 is 0 Å². The summed E-state index contributed by atoms with van der Waals surface area (Å²) in [5, 5.41) is 0. The molecule has 1 unspecified atom stereocenters. The van der Waals surface area contributed by atoms with Gasteiger partial charge in [0, 0.05) is 7.11 Å². The number of ether oxygens (including phenoxy) is 2. The van der Waals surface area contributed by atoms with E-state index in [2.05, 4.69) is 26.0 Å². The normalized spacial score (nSPS) is 12.5. The zero-order valence-electron chi connectivity index (χ0n) is 11.2. The van der Waals surface area contributed by atoms with E-state index in [4.69, 9.17) is 15.2 Å². The molecule has 0 aliphatic heterocycles. The van der Waals surface area contributed by atoms with Gasteiger partial charge in [0.25, 0.3) is 0 Å². The highest BCUT2D eigenvalue weighted by Gasteiger charge is 2.10. The van der Waals surface area contributed by atoms with Crippen molar-refractivity contribution in [1.82, 2.24) is 0 Å². The van der Waals surface area contributed by atoms with Gasteiger partial charge in [-0.2, -0.15) is 0 Å². The van der Waals surface area contributed by atoms with Crippen molar-refractivity contribution in [3.05, 3.63) is 28.8 Å². The quantitative estimate of drug-likeness (QED) is 0.825. The van der Waals surface area contributed by atoms with E-state index in [1.165, 1.54) is 5.56 Å². The molecule has 0 saturated heterocycles. The highest BCUT2D eigenvalue weighted by Crippen LogP contribution is 2.26. The van der Waals surface area contributed by atoms with E-state index in [9.17, 15) is 0 Å². The molecule has 17 heavy (non-hydrogen) atoms. The SMILES string of the molecule is COCC(C)Oc1c(C)cc(CCN)cc1C. The lowest BCUT2D eigenvalue weighted by Crippen LogP contribution is -2.19. The monoisotopic (exact) mass is 237 g/mol. The second-order valence-electron chi connectivity index (χ2n) is 4.48. The summed E-state index contributed by atoms with van der Waals surface area (Å²) in [4.78, 5) is 0. The molecule has 3 heteroatoms. The number of aryl methyl sites for hydroxylation is 2. The average Bonchev–Trinajstić information content (AvgIpc) is 2.24. The molecule has 0 spiro atoms. The van der Waals surface area contributed by atoms with E-state index in [0.717, 1.165) is 23.3 Å². The fourth-order valence-corrected chi connectivity index (χ4v) is 2.01. The molecule has 1 atom stereocenters. The maximum Gasteiger partial charge on any atom is 0.125 e. The number of hydrogen-bond acceptors (Lipinski definition) is 3. The summed E-state index contributed by atoms with van der Waals surface area (Å²) in [6, 6.07) is 4.30. The van der Waals surface area contributed by atoms with Crippen molar-refractivity contribution in [3.63, 3.8) is 0 Å². The van der Waals surface area contributed by atoms with E-state index in [0.29, 0.717) is 13.2 Å². The van der Waals surface area contributed by atoms with E-state index in [1.807, 2.05) is 6.92 Å². The van der Waals surface area contributed by atoms with Crippen LogP contribution in [-0.2, 0) is 11.2 Å². The van der Waals surface area contributed by atoms with E-state index < -0.39 is 0 Å².